The van der Waals surface area contributed by atoms with Crippen LogP contribution in [-0.4, -0.2) is 32.0 Å². The van der Waals surface area contributed by atoms with Crippen LogP contribution in [0.2, 0.25) is 0 Å². The molecule has 1 unspecified atom stereocenters. The first-order chi connectivity index (χ1) is 14.6. The Morgan fingerprint density at radius 1 is 1.03 bits per heavy atom. The molecule has 156 valence electrons. The highest BCUT2D eigenvalue weighted by Gasteiger charge is 2.31. The van der Waals surface area contributed by atoms with Gasteiger partial charge in [0.05, 0.1) is 12.2 Å². The zero-order valence-corrected chi connectivity index (χ0v) is 17.2. The second-order valence-corrected chi connectivity index (χ2v) is 8.56. The Kier molecular flexibility index (Phi) is 4.81. The molecular weight excluding hydrogens is 378 g/mol. The van der Waals surface area contributed by atoms with E-state index in [-0.39, 0.29) is 29.8 Å². The van der Waals surface area contributed by atoms with E-state index in [0.29, 0.717) is 5.56 Å². The highest BCUT2D eigenvalue weighted by molar-refractivity contribution is 6.00. The summed E-state index contributed by atoms with van der Waals surface area (Å²) in [5.74, 6) is 0.0903. The summed E-state index contributed by atoms with van der Waals surface area (Å²) in [6.07, 6.45) is 10.6. The highest BCUT2D eigenvalue weighted by atomic mass is 16.2. The highest BCUT2D eigenvalue weighted by Crippen LogP contribution is 2.32. The Hall–Kier alpha value is -3.09. The number of nitrogens with one attached hydrogen (secondary N) is 2. The van der Waals surface area contributed by atoms with Gasteiger partial charge in [-0.05, 0) is 49.7 Å². The van der Waals surface area contributed by atoms with Crippen molar-refractivity contribution in [3.05, 3.63) is 59.5 Å². The average Bonchev–Trinajstić information content (AvgIpc) is 3.46. The molecule has 2 aromatic heterocycles. The molecule has 2 heterocycles. The molecule has 1 fully saturated rings. The van der Waals surface area contributed by atoms with Crippen LogP contribution in [0.1, 0.15) is 59.6 Å². The van der Waals surface area contributed by atoms with Crippen LogP contribution >= 0.6 is 0 Å². The second kappa shape index (κ2) is 7.63. The molecule has 2 aliphatic carbocycles. The largest absolute Gasteiger partial charge is 0.349 e. The molecule has 7 heteroatoms. The van der Waals surface area contributed by atoms with Gasteiger partial charge < -0.3 is 15.2 Å². The van der Waals surface area contributed by atoms with E-state index in [2.05, 4.69) is 33.9 Å². The smallest absolute Gasteiger partial charge is 0.256 e. The maximum Gasteiger partial charge on any atom is 0.256 e. The Morgan fingerprint density at radius 2 is 1.83 bits per heavy atom. The summed E-state index contributed by atoms with van der Waals surface area (Å²) < 4.78 is 3.60. The molecule has 1 atom stereocenters. The van der Waals surface area contributed by atoms with E-state index in [0.717, 1.165) is 44.2 Å². The van der Waals surface area contributed by atoms with Gasteiger partial charge >= 0.3 is 0 Å². The van der Waals surface area contributed by atoms with Crippen LogP contribution in [0.25, 0.3) is 5.65 Å². The number of hydrogen-bond donors (Lipinski definition) is 2. The number of nitrogens with zero attached hydrogens (tertiary/aromatic N) is 3. The molecule has 2 amide bonds. The van der Waals surface area contributed by atoms with Gasteiger partial charge in [-0.2, -0.15) is 5.10 Å². The SMILES string of the molecule is Cn1ccn2ncc(C(=O)NC3CCC(C(=O)NC4CCc5ccccc54)CC3)c12. The van der Waals surface area contributed by atoms with Crippen molar-refractivity contribution in [2.24, 2.45) is 13.0 Å². The molecule has 0 aliphatic heterocycles. The lowest BCUT2D eigenvalue weighted by Gasteiger charge is -2.29. The normalized spacial score (nSPS) is 23.3. The number of aryl methyl sites for hydroxylation is 2. The molecule has 3 aromatic rings. The molecule has 30 heavy (non-hydrogen) atoms. The van der Waals surface area contributed by atoms with Crippen LogP contribution in [0.3, 0.4) is 0 Å². The second-order valence-electron chi connectivity index (χ2n) is 8.56. The Bertz CT molecular complexity index is 1090. The summed E-state index contributed by atoms with van der Waals surface area (Å²) >= 11 is 0. The van der Waals surface area contributed by atoms with Crippen molar-refractivity contribution in [2.75, 3.05) is 0 Å². The zero-order chi connectivity index (χ0) is 20.7. The molecule has 0 saturated heterocycles. The Balaban J connectivity index is 1.15. The van der Waals surface area contributed by atoms with Crippen LogP contribution in [0.5, 0.6) is 0 Å². The minimum absolute atomic E-state index is 0.0293. The van der Waals surface area contributed by atoms with E-state index in [1.165, 1.54) is 11.1 Å². The van der Waals surface area contributed by atoms with Gasteiger partial charge in [-0.3, -0.25) is 9.59 Å². The predicted octanol–water partition coefficient (Wildman–Crippen LogP) is 2.77. The van der Waals surface area contributed by atoms with E-state index >= 15 is 0 Å². The number of hydrogen-bond acceptors (Lipinski definition) is 3. The molecule has 0 spiro atoms. The number of imidazole rings is 1. The van der Waals surface area contributed by atoms with E-state index in [1.54, 1.807) is 10.7 Å². The minimum Gasteiger partial charge on any atom is -0.349 e. The van der Waals surface area contributed by atoms with Crippen LogP contribution in [-0.2, 0) is 18.3 Å². The topological polar surface area (TPSA) is 80.4 Å². The summed E-state index contributed by atoms with van der Waals surface area (Å²) in [5, 5.41) is 10.6. The zero-order valence-electron chi connectivity index (χ0n) is 17.2. The fourth-order valence-electron chi connectivity index (χ4n) is 4.97. The van der Waals surface area contributed by atoms with Crippen molar-refractivity contribution in [3.8, 4) is 0 Å². The van der Waals surface area contributed by atoms with Gasteiger partial charge in [0.1, 0.15) is 11.2 Å². The van der Waals surface area contributed by atoms with Gasteiger partial charge in [0.25, 0.3) is 5.91 Å². The maximum atomic E-state index is 12.8. The molecule has 7 nitrogen and oxygen atoms in total. The molecule has 2 aliphatic rings. The van der Waals surface area contributed by atoms with Gasteiger partial charge in [-0.15, -0.1) is 0 Å². The molecule has 5 rings (SSSR count). The summed E-state index contributed by atoms with van der Waals surface area (Å²) in [6, 6.07) is 8.62. The van der Waals surface area contributed by atoms with Crippen molar-refractivity contribution >= 4 is 17.5 Å². The minimum atomic E-state index is -0.0951. The summed E-state index contributed by atoms with van der Waals surface area (Å²) in [4.78, 5) is 25.6. The lowest BCUT2D eigenvalue weighted by Crippen LogP contribution is -2.41. The van der Waals surface area contributed by atoms with Crippen molar-refractivity contribution in [1.29, 1.82) is 0 Å². The number of fused-ring (bicyclic) bond motifs is 2. The van der Waals surface area contributed by atoms with Gasteiger partial charge in [0.2, 0.25) is 5.91 Å². The molecule has 0 bridgehead atoms. The fourth-order valence-corrected chi connectivity index (χ4v) is 4.97. The summed E-state index contributed by atoms with van der Waals surface area (Å²) in [7, 11) is 1.90. The third kappa shape index (κ3) is 3.38. The average molecular weight is 406 g/mol. The molecular formula is C23H27N5O2. The quantitative estimate of drug-likeness (QED) is 0.700. The van der Waals surface area contributed by atoms with Crippen LogP contribution < -0.4 is 10.6 Å². The molecule has 0 radical (unpaired) electrons. The number of carbonyl (C=O) groups excluding carboxylic acids is 2. The van der Waals surface area contributed by atoms with E-state index < -0.39 is 0 Å². The first kappa shape index (κ1) is 18.9. The number of benzene rings is 1. The molecule has 1 saturated carbocycles. The van der Waals surface area contributed by atoms with E-state index in [9.17, 15) is 9.59 Å². The third-order valence-corrected chi connectivity index (χ3v) is 6.66. The van der Waals surface area contributed by atoms with E-state index in [1.807, 2.05) is 30.1 Å². The van der Waals surface area contributed by atoms with Crippen molar-refractivity contribution in [2.45, 2.75) is 50.6 Å². The standard InChI is InChI=1S/C23H27N5O2/c1-27-12-13-28-23(27)19(14-24-28)22(30)25-17-9-6-16(7-10-17)21(29)26-20-11-8-15-4-2-3-5-18(15)20/h2-5,12-14,16-17,20H,6-11H2,1H3,(H,25,30)(H,26,29). The van der Waals surface area contributed by atoms with Gasteiger partial charge in [0, 0.05) is 31.4 Å². The van der Waals surface area contributed by atoms with Gasteiger partial charge in [0.15, 0.2) is 0 Å². The summed E-state index contributed by atoms with van der Waals surface area (Å²) in [6.45, 7) is 0. The van der Waals surface area contributed by atoms with Gasteiger partial charge in [-0.25, -0.2) is 4.52 Å². The fraction of sp³-hybridized carbons (Fsp3) is 0.435. The lowest BCUT2D eigenvalue weighted by atomic mass is 9.85. The molecule has 1 aromatic carbocycles. The first-order valence-corrected chi connectivity index (χ1v) is 10.8. The number of carbonyl (C=O) groups is 2. The Morgan fingerprint density at radius 3 is 2.67 bits per heavy atom. The van der Waals surface area contributed by atoms with Crippen LogP contribution in [0.4, 0.5) is 0 Å². The van der Waals surface area contributed by atoms with Crippen molar-refractivity contribution < 1.29 is 9.59 Å². The van der Waals surface area contributed by atoms with Crippen molar-refractivity contribution in [3.63, 3.8) is 0 Å². The summed E-state index contributed by atoms with van der Waals surface area (Å²) in [5.41, 5.74) is 3.99. The van der Waals surface area contributed by atoms with Crippen LogP contribution in [0.15, 0.2) is 42.9 Å². The van der Waals surface area contributed by atoms with E-state index in [4.69, 9.17) is 0 Å². The number of rotatable bonds is 4. The molecule has 2 N–H and O–H groups in total. The Labute approximate surface area is 175 Å². The number of aromatic nitrogens is 3. The van der Waals surface area contributed by atoms with Crippen LogP contribution in [0, 0.1) is 5.92 Å². The maximum absolute atomic E-state index is 12.8. The number of amides is 2. The van der Waals surface area contributed by atoms with Crippen molar-refractivity contribution in [1.82, 2.24) is 24.8 Å². The lowest BCUT2D eigenvalue weighted by molar-refractivity contribution is -0.126. The first-order valence-electron chi connectivity index (χ1n) is 10.8. The predicted molar refractivity (Wildman–Crippen MR) is 113 cm³/mol. The van der Waals surface area contributed by atoms with Gasteiger partial charge in [-0.1, -0.05) is 24.3 Å². The monoisotopic (exact) mass is 405 g/mol. The third-order valence-electron chi connectivity index (χ3n) is 6.66.